The lowest BCUT2D eigenvalue weighted by Crippen LogP contribution is -2.08. The summed E-state index contributed by atoms with van der Waals surface area (Å²) in [5, 5.41) is -0.262. The molecule has 0 heterocycles. The van der Waals surface area contributed by atoms with E-state index in [0.717, 1.165) is 0 Å². The molecule has 0 aromatic heterocycles. The first-order valence-electron chi connectivity index (χ1n) is 2.42. The maximum Gasteiger partial charge on any atom is 0.211 e. The monoisotopic (exact) mass is 200 g/mol. The summed E-state index contributed by atoms with van der Waals surface area (Å²) in [5.41, 5.74) is 0. The Labute approximate surface area is 57.4 Å². The highest BCUT2D eigenvalue weighted by atomic mass is 79.9. The quantitative estimate of drug-likeness (QED) is 0.634. The Morgan fingerprint density at radius 1 is 1.62 bits per heavy atom. The minimum absolute atomic E-state index is 0.262. The van der Waals surface area contributed by atoms with E-state index in [-0.39, 0.29) is 5.25 Å². The molecule has 0 aliphatic carbocycles. The molecule has 0 saturated heterocycles. The lowest BCUT2D eigenvalue weighted by molar-refractivity contribution is 0.597. The van der Waals surface area contributed by atoms with Gasteiger partial charge in [0.2, 0.25) is 8.27 Å². The molecule has 8 heavy (non-hydrogen) atoms. The Bertz CT molecular complexity index is 149. The largest absolute Gasteiger partial charge is 0.217 e. The van der Waals surface area contributed by atoms with Crippen molar-refractivity contribution in [2.24, 2.45) is 0 Å². The molecule has 0 radical (unpaired) electrons. The summed E-state index contributed by atoms with van der Waals surface area (Å²) in [6, 6.07) is 0. The van der Waals surface area contributed by atoms with Crippen molar-refractivity contribution in [3.05, 3.63) is 0 Å². The zero-order chi connectivity index (χ0) is 6.78. The first kappa shape index (κ1) is 8.43. The van der Waals surface area contributed by atoms with Crippen molar-refractivity contribution in [2.75, 3.05) is 0 Å². The fourth-order valence-corrected chi connectivity index (χ4v) is 1.39. The lowest BCUT2D eigenvalue weighted by Gasteiger charge is -2.00. The van der Waals surface area contributed by atoms with Crippen LogP contribution in [0, 0.1) is 0 Å². The Kier molecular flexibility index (Phi) is 2.98. The van der Waals surface area contributed by atoms with Crippen LogP contribution in [-0.4, -0.2) is 13.7 Å². The second-order valence-corrected chi connectivity index (χ2v) is 6.16. The Hall–Kier alpha value is 0.430. The molecule has 0 aliphatic rings. The third-order valence-corrected chi connectivity index (χ3v) is 4.26. The van der Waals surface area contributed by atoms with E-state index in [1.54, 1.807) is 6.92 Å². The molecule has 4 heteroatoms. The molecule has 0 aromatic carbocycles. The SMILES string of the molecule is CCC(C)S(=O)(=O)Br. The van der Waals surface area contributed by atoms with E-state index in [1.807, 2.05) is 6.92 Å². The predicted molar refractivity (Wildman–Crippen MR) is 37.6 cm³/mol. The summed E-state index contributed by atoms with van der Waals surface area (Å²) in [7, 11) is -2.94. The maximum absolute atomic E-state index is 10.5. The molecule has 50 valence electrons. The van der Waals surface area contributed by atoms with Gasteiger partial charge in [0.1, 0.15) is 0 Å². The van der Waals surface area contributed by atoms with Gasteiger partial charge in [0.15, 0.2) is 0 Å². The van der Waals surface area contributed by atoms with Crippen molar-refractivity contribution in [1.29, 1.82) is 0 Å². The van der Waals surface area contributed by atoms with Crippen LogP contribution in [0.3, 0.4) is 0 Å². The fourth-order valence-electron chi connectivity index (χ4n) is 0.199. The van der Waals surface area contributed by atoms with Gasteiger partial charge in [-0.15, -0.1) is 0 Å². The van der Waals surface area contributed by atoms with Crippen LogP contribution < -0.4 is 0 Å². The maximum atomic E-state index is 10.5. The zero-order valence-electron chi connectivity index (χ0n) is 4.89. The highest BCUT2D eigenvalue weighted by molar-refractivity contribution is 9.47. The predicted octanol–water partition coefficient (Wildman–Crippen LogP) is 1.51. The van der Waals surface area contributed by atoms with Crippen molar-refractivity contribution in [2.45, 2.75) is 25.5 Å². The molecule has 1 unspecified atom stereocenters. The summed E-state index contributed by atoms with van der Waals surface area (Å²) in [5.74, 6) is 0. The molecule has 2 nitrogen and oxygen atoms in total. The number of rotatable bonds is 2. The molecule has 0 N–H and O–H groups in total. The van der Waals surface area contributed by atoms with Gasteiger partial charge in [-0.2, -0.15) is 0 Å². The van der Waals surface area contributed by atoms with E-state index in [2.05, 4.69) is 14.8 Å². The van der Waals surface area contributed by atoms with Gasteiger partial charge in [-0.3, -0.25) is 0 Å². The van der Waals surface area contributed by atoms with Crippen LogP contribution in [0.15, 0.2) is 0 Å². The van der Waals surface area contributed by atoms with Crippen molar-refractivity contribution < 1.29 is 8.42 Å². The van der Waals surface area contributed by atoms with Crippen LogP contribution in [0.1, 0.15) is 20.3 Å². The van der Waals surface area contributed by atoms with Gasteiger partial charge in [-0.05, 0) is 13.3 Å². The summed E-state index contributed by atoms with van der Waals surface area (Å²) in [6.45, 7) is 3.51. The van der Waals surface area contributed by atoms with Gasteiger partial charge in [-0.1, -0.05) is 6.92 Å². The highest BCUT2D eigenvalue weighted by Gasteiger charge is 2.12. The van der Waals surface area contributed by atoms with Crippen LogP contribution in [0.25, 0.3) is 0 Å². The van der Waals surface area contributed by atoms with E-state index in [1.165, 1.54) is 0 Å². The number of halogens is 1. The third kappa shape index (κ3) is 2.67. The third-order valence-electron chi connectivity index (χ3n) is 1.06. The molecular formula is C4H9BrO2S. The van der Waals surface area contributed by atoms with Crippen LogP contribution in [0.4, 0.5) is 0 Å². The Morgan fingerprint density at radius 3 is 2.00 bits per heavy atom. The van der Waals surface area contributed by atoms with Gasteiger partial charge in [-0.25, -0.2) is 8.42 Å². The van der Waals surface area contributed by atoms with Crippen LogP contribution >= 0.6 is 14.8 Å². The number of hydrogen-bond acceptors (Lipinski definition) is 2. The minimum atomic E-state index is -2.94. The minimum Gasteiger partial charge on any atom is -0.217 e. The van der Waals surface area contributed by atoms with Crippen LogP contribution in [0.2, 0.25) is 0 Å². The van der Waals surface area contributed by atoms with Crippen molar-refractivity contribution >= 4 is 23.1 Å². The van der Waals surface area contributed by atoms with Gasteiger partial charge in [0, 0.05) is 0 Å². The van der Waals surface area contributed by atoms with E-state index in [4.69, 9.17) is 0 Å². The van der Waals surface area contributed by atoms with E-state index in [9.17, 15) is 8.42 Å². The Morgan fingerprint density at radius 2 is 2.00 bits per heavy atom. The second-order valence-electron chi connectivity index (χ2n) is 1.69. The molecule has 0 spiro atoms. The standard InChI is InChI=1S/C4H9BrO2S/c1-3-4(2)8(5,6)7/h4H,3H2,1-2H3. The highest BCUT2D eigenvalue weighted by Crippen LogP contribution is 2.11. The normalized spacial score (nSPS) is 15.9. The van der Waals surface area contributed by atoms with E-state index in [0.29, 0.717) is 6.42 Å². The summed E-state index contributed by atoms with van der Waals surface area (Å²) >= 11 is 2.58. The molecule has 0 aromatic rings. The van der Waals surface area contributed by atoms with E-state index < -0.39 is 8.27 Å². The lowest BCUT2D eigenvalue weighted by atomic mass is 10.4. The van der Waals surface area contributed by atoms with Crippen LogP contribution in [-0.2, 0) is 8.27 Å². The second kappa shape index (κ2) is 2.82. The average molecular weight is 201 g/mol. The van der Waals surface area contributed by atoms with Crippen molar-refractivity contribution in [1.82, 2.24) is 0 Å². The van der Waals surface area contributed by atoms with Crippen molar-refractivity contribution in [3.8, 4) is 0 Å². The van der Waals surface area contributed by atoms with Gasteiger partial charge >= 0.3 is 0 Å². The zero-order valence-corrected chi connectivity index (χ0v) is 7.29. The van der Waals surface area contributed by atoms with Gasteiger partial charge in [0.25, 0.3) is 0 Å². The molecular weight excluding hydrogens is 192 g/mol. The average Bonchev–Trinajstić information content (AvgIpc) is 1.62. The smallest absolute Gasteiger partial charge is 0.211 e. The van der Waals surface area contributed by atoms with Crippen molar-refractivity contribution in [3.63, 3.8) is 0 Å². The first-order valence-corrected chi connectivity index (χ1v) is 5.81. The number of hydrogen-bond donors (Lipinski definition) is 0. The molecule has 1 atom stereocenters. The molecule has 0 rings (SSSR count). The summed E-state index contributed by atoms with van der Waals surface area (Å²) in [4.78, 5) is 0. The fraction of sp³-hybridized carbons (Fsp3) is 1.00. The van der Waals surface area contributed by atoms with Crippen LogP contribution in [0.5, 0.6) is 0 Å². The van der Waals surface area contributed by atoms with E-state index >= 15 is 0 Å². The first-order chi connectivity index (χ1) is 3.48. The molecule has 0 fully saturated rings. The van der Waals surface area contributed by atoms with Gasteiger partial charge < -0.3 is 0 Å². The molecule has 0 bridgehead atoms. The molecule has 0 saturated carbocycles. The summed E-state index contributed by atoms with van der Waals surface area (Å²) in [6.07, 6.45) is 0.660. The Balaban J connectivity index is 4.04. The van der Waals surface area contributed by atoms with Gasteiger partial charge in [0.05, 0.1) is 20.1 Å². The molecule has 0 aliphatic heterocycles. The topological polar surface area (TPSA) is 34.1 Å². The summed E-state index contributed by atoms with van der Waals surface area (Å²) < 4.78 is 21.0. The molecule has 0 amide bonds.